The standard InChI is InChI=1S/C46H54N2O12S3.4Na.O3S/c1-45(2)37-15-7-8-16-39(37)47(28-9-5-6-17-43(49)50)41(45)26-18-32-13-12-14-33(44(32)60-34-20-22-35(23-21-34)62(54,55)56)19-27-42-46(3,4)38-31-36(63(57,58)59)24-25-40(38)48(42)29-10-11-30-61(51,52)53;;;;;1-4(2)3/h8,15-16,18-27,31H,5-6,9-14,17,28-30H2,1-4H3,(H,49,50)(H,51,52,53)(H,54,55,56)(H,57,58,59);;;;;/q;4*+1;/p-3. The van der Waals surface area contributed by atoms with Crippen molar-refractivity contribution in [2.45, 2.75) is 106 Å². The molecule has 0 spiro atoms. The van der Waals surface area contributed by atoms with Crippen LogP contribution in [0.2, 0.25) is 0 Å². The Kier molecular flexibility index (Phi) is 27.4. The van der Waals surface area contributed by atoms with Crippen LogP contribution in [-0.2, 0) is 56.6 Å². The van der Waals surface area contributed by atoms with Gasteiger partial charge in [-0.05, 0) is 116 Å². The van der Waals surface area contributed by atoms with E-state index in [1.807, 2.05) is 55.2 Å². The minimum atomic E-state index is -4.79. The molecule has 0 aromatic heterocycles. The summed E-state index contributed by atoms with van der Waals surface area (Å²) in [6.07, 6.45) is 12.4. The number of rotatable bonds is 18. The molecule has 71 heavy (non-hydrogen) atoms. The van der Waals surface area contributed by atoms with E-state index in [0.29, 0.717) is 55.0 Å². The molecule has 3 aliphatic rings. The molecule has 0 bridgehead atoms. The summed E-state index contributed by atoms with van der Waals surface area (Å²) in [5.74, 6) is -0.563. The molecule has 3 aromatic carbocycles. The summed E-state index contributed by atoms with van der Waals surface area (Å²) in [6, 6.07) is 18.5. The van der Waals surface area contributed by atoms with Crippen molar-refractivity contribution in [2.24, 2.45) is 0 Å². The van der Waals surface area contributed by atoms with Crippen LogP contribution in [0.1, 0.15) is 96.6 Å². The molecule has 2 heterocycles. The molecule has 0 unspecified atom stereocenters. The van der Waals surface area contributed by atoms with Crippen molar-refractivity contribution in [1.29, 1.82) is 0 Å². The maximum atomic E-state index is 12.1. The zero-order chi connectivity index (χ0) is 49.5. The Labute approximate surface area is 506 Å². The third kappa shape index (κ3) is 18.5. The molecular formula is C46H51N2Na4O15S4+. The van der Waals surface area contributed by atoms with Gasteiger partial charge in [0, 0.05) is 53.4 Å². The number of hydrogen-bond donors (Lipinski definition) is 1. The smallest absolute Gasteiger partial charge is 0.748 e. The van der Waals surface area contributed by atoms with E-state index in [4.69, 9.17) is 22.5 Å². The van der Waals surface area contributed by atoms with E-state index < -0.39 is 68.4 Å². The molecule has 1 N–H and O–H groups in total. The molecule has 0 fully saturated rings. The van der Waals surface area contributed by atoms with Crippen molar-refractivity contribution in [3.63, 3.8) is 0 Å². The number of aliphatic carboxylic acids is 1. The second-order valence-electron chi connectivity index (χ2n) is 17.2. The summed E-state index contributed by atoms with van der Waals surface area (Å²) < 4.78 is 140. The summed E-state index contributed by atoms with van der Waals surface area (Å²) in [7, 11) is -17.1. The first kappa shape index (κ1) is 67.7. The maximum Gasteiger partial charge on any atom is 1.00 e. The van der Waals surface area contributed by atoms with Crippen molar-refractivity contribution >= 4 is 64.0 Å². The van der Waals surface area contributed by atoms with E-state index in [-0.39, 0.29) is 143 Å². The van der Waals surface area contributed by atoms with Gasteiger partial charge >= 0.3 is 135 Å². The van der Waals surface area contributed by atoms with Crippen LogP contribution in [0.4, 0.5) is 11.4 Å². The van der Waals surface area contributed by atoms with Crippen LogP contribution in [0.15, 0.2) is 117 Å². The van der Waals surface area contributed by atoms with Crippen molar-refractivity contribution in [1.82, 2.24) is 0 Å². The summed E-state index contributed by atoms with van der Waals surface area (Å²) in [6.45, 7) is 9.02. The first-order valence-corrected chi connectivity index (χ1v) is 26.6. The van der Waals surface area contributed by atoms with Gasteiger partial charge in [-0.25, -0.2) is 29.8 Å². The predicted octanol–water partition coefficient (Wildman–Crippen LogP) is -5.67. The molecular weight excluding hydrogens is 1040 g/mol. The monoisotopic (exact) mass is 1090 g/mol. The quantitative estimate of drug-likeness (QED) is 0.0409. The number of nitrogens with zero attached hydrogens (tertiary/aromatic N) is 2. The molecule has 0 atom stereocenters. The van der Waals surface area contributed by atoms with Gasteiger partial charge in [0.05, 0.1) is 19.9 Å². The minimum Gasteiger partial charge on any atom is -0.748 e. The molecule has 0 amide bonds. The number of fused-ring (bicyclic) bond motifs is 2. The van der Waals surface area contributed by atoms with E-state index in [0.717, 1.165) is 53.1 Å². The average Bonchev–Trinajstić information content (AvgIpc) is 3.57. The Morgan fingerprint density at radius 3 is 2.00 bits per heavy atom. The van der Waals surface area contributed by atoms with Crippen molar-refractivity contribution in [2.75, 3.05) is 23.7 Å². The van der Waals surface area contributed by atoms with Gasteiger partial charge < -0.3 is 28.4 Å². The molecule has 0 radical (unpaired) electrons. The minimum absolute atomic E-state index is 0. The van der Waals surface area contributed by atoms with Crippen molar-refractivity contribution in [3.05, 3.63) is 125 Å². The van der Waals surface area contributed by atoms with Gasteiger partial charge in [-0.3, -0.25) is 4.79 Å². The molecule has 0 saturated heterocycles. The Hall–Kier alpha value is -1.29. The number of unbranched alkanes of at least 4 members (excludes halogenated alkanes) is 3. The SMILES string of the molecule is CC1(C)C(/C=C/C2=C(Oc3ccc(S(=O)(=O)[O-])cc3)C(=C/C=C3/N(CCCCS(=O)(=O)[O-])c4ccc(S(=O)(=O)[O-])cc4C3(C)C)/CCC2)=[N+](CCCCCC(=O)O)c2cc[c-]cc21.O=S(=O)=O.[Na+].[Na+].[Na+].[Na+]. The number of ether oxygens (including phenoxy) is 1. The van der Waals surface area contributed by atoms with Crippen LogP contribution in [0.25, 0.3) is 0 Å². The van der Waals surface area contributed by atoms with Crippen LogP contribution in [0.3, 0.4) is 0 Å². The number of carboxylic acid groups (broad SMARTS) is 1. The molecule has 362 valence electrons. The summed E-state index contributed by atoms with van der Waals surface area (Å²) in [5, 5.41) is 9.15. The number of benzene rings is 3. The van der Waals surface area contributed by atoms with Gasteiger partial charge in [0.1, 0.15) is 44.0 Å². The van der Waals surface area contributed by atoms with E-state index in [1.165, 1.54) is 36.4 Å². The first-order chi connectivity index (χ1) is 31.2. The number of carboxylic acids is 1. The third-order valence-electron chi connectivity index (χ3n) is 11.9. The fourth-order valence-electron chi connectivity index (χ4n) is 8.63. The Morgan fingerprint density at radius 2 is 1.41 bits per heavy atom. The van der Waals surface area contributed by atoms with Gasteiger partial charge in [0.15, 0.2) is 5.71 Å². The third-order valence-corrected chi connectivity index (χ3v) is 14.3. The summed E-state index contributed by atoms with van der Waals surface area (Å²) >= 11 is 0. The van der Waals surface area contributed by atoms with E-state index in [9.17, 15) is 43.7 Å². The van der Waals surface area contributed by atoms with E-state index >= 15 is 0 Å². The molecule has 6 rings (SSSR count). The van der Waals surface area contributed by atoms with E-state index in [1.54, 1.807) is 6.07 Å². The molecule has 3 aromatic rings. The Morgan fingerprint density at radius 1 is 0.789 bits per heavy atom. The molecule has 1 aliphatic carbocycles. The second-order valence-corrected chi connectivity index (χ2v) is 21.9. The van der Waals surface area contributed by atoms with Gasteiger partial charge in [0.25, 0.3) is 0 Å². The van der Waals surface area contributed by atoms with Gasteiger partial charge in [-0.15, -0.1) is 18.7 Å². The normalized spacial score (nSPS) is 17.0. The van der Waals surface area contributed by atoms with Crippen LogP contribution in [0, 0.1) is 6.07 Å². The molecule has 17 nitrogen and oxygen atoms in total. The Bertz CT molecular complexity index is 3020. The predicted molar refractivity (Wildman–Crippen MR) is 244 cm³/mol. The molecule has 25 heteroatoms. The number of anilines is 1. The van der Waals surface area contributed by atoms with Gasteiger partial charge in [-0.1, -0.05) is 39.3 Å². The fourth-order valence-corrected chi connectivity index (χ4v) is 10.2. The number of allylic oxidation sites excluding steroid dienone is 7. The van der Waals surface area contributed by atoms with Crippen molar-refractivity contribution in [3.8, 4) is 5.75 Å². The topological polar surface area (TPSA) is 276 Å². The maximum absolute atomic E-state index is 12.1. The van der Waals surface area contributed by atoms with Crippen LogP contribution in [-0.4, -0.2) is 91.7 Å². The summed E-state index contributed by atoms with van der Waals surface area (Å²) in [4.78, 5) is 12.3. The largest absolute Gasteiger partial charge is 1.00 e. The molecule has 2 aliphatic heterocycles. The Balaban J connectivity index is 0.00000303. The van der Waals surface area contributed by atoms with Crippen molar-refractivity contribution < 1.29 is 189 Å². The average molecular weight is 1090 g/mol. The summed E-state index contributed by atoms with van der Waals surface area (Å²) in [5.41, 5.74) is 5.47. The zero-order valence-corrected chi connectivity index (χ0v) is 52.5. The molecule has 0 saturated carbocycles. The van der Waals surface area contributed by atoms with E-state index in [2.05, 4.69) is 30.6 Å². The van der Waals surface area contributed by atoms with Gasteiger partial charge in [-0.2, -0.15) is 18.2 Å². The van der Waals surface area contributed by atoms with Crippen LogP contribution in [0.5, 0.6) is 5.75 Å². The van der Waals surface area contributed by atoms with Gasteiger partial charge in [0.2, 0.25) is 0 Å². The zero-order valence-electron chi connectivity index (χ0n) is 41.3. The van der Waals surface area contributed by atoms with Crippen LogP contribution >= 0.6 is 0 Å². The number of hydrogen-bond acceptors (Lipinski definition) is 15. The van der Waals surface area contributed by atoms with Crippen LogP contribution < -0.4 is 128 Å². The second kappa shape index (κ2) is 28.7. The first-order valence-electron chi connectivity index (χ1n) is 21.2. The fraction of sp³-hybridized carbons (Fsp3) is 0.391. The number of carbonyl (C=O) groups is 1.